The van der Waals surface area contributed by atoms with E-state index >= 15 is 0 Å². The van der Waals surface area contributed by atoms with Crippen LogP contribution in [-0.2, 0) is 9.05 Å². The fourth-order valence-electron chi connectivity index (χ4n) is 1.62. The molecule has 2 aromatic heterocycles. The zero-order valence-electron chi connectivity index (χ0n) is 8.88. The van der Waals surface area contributed by atoms with Gasteiger partial charge in [-0.3, -0.25) is 0 Å². The van der Waals surface area contributed by atoms with Crippen LogP contribution in [0.4, 0.5) is 0 Å². The van der Waals surface area contributed by atoms with Gasteiger partial charge in [0.2, 0.25) is 0 Å². The summed E-state index contributed by atoms with van der Waals surface area (Å²) in [5, 5.41) is -0.0709. The third-order valence-electron chi connectivity index (χ3n) is 2.29. The van der Waals surface area contributed by atoms with Crippen LogP contribution in [0.15, 0.2) is 29.4 Å². The summed E-state index contributed by atoms with van der Waals surface area (Å²) in [5.74, 6) is 0.817. The predicted molar refractivity (Wildman–Crippen MR) is 62.3 cm³/mol. The van der Waals surface area contributed by atoms with Gasteiger partial charge in [-0.15, -0.1) is 0 Å². The Morgan fingerprint density at radius 2 is 2.06 bits per heavy atom. The molecule has 0 aromatic carbocycles. The minimum atomic E-state index is -3.80. The zero-order chi connectivity index (χ0) is 11.9. The second kappa shape index (κ2) is 3.75. The summed E-state index contributed by atoms with van der Waals surface area (Å²) in [5.41, 5.74) is 0.515. The molecule has 2 aromatic rings. The first-order valence-electron chi connectivity index (χ1n) is 4.83. The lowest BCUT2D eigenvalue weighted by Crippen LogP contribution is -1.95. The van der Waals surface area contributed by atoms with E-state index in [1.807, 2.05) is 19.9 Å². The topological polar surface area (TPSA) is 51.4 Å². The average molecular weight is 259 g/mol. The van der Waals surface area contributed by atoms with E-state index in [0.717, 1.165) is 0 Å². The van der Waals surface area contributed by atoms with E-state index in [1.54, 1.807) is 22.7 Å². The normalized spacial score (nSPS) is 12.5. The van der Waals surface area contributed by atoms with Gasteiger partial charge in [0, 0.05) is 22.8 Å². The summed E-state index contributed by atoms with van der Waals surface area (Å²) in [6.45, 7) is 3.90. The molecule has 2 rings (SSSR count). The van der Waals surface area contributed by atoms with E-state index < -0.39 is 9.05 Å². The lowest BCUT2D eigenvalue weighted by atomic mass is 10.2. The number of rotatable bonds is 2. The molecule has 2 heterocycles. The molecule has 0 fully saturated rings. The Hall–Kier alpha value is -1.07. The maximum atomic E-state index is 11.4. The first-order chi connectivity index (χ1) is 7.41. The van der Waals surface area contributed by atoms with Gasteiger partial charge < -0.3 is 4.40 Å². The van der Waals surface area contributed by atoms with Crippen molar-refractivity contribution in [3.63, 3.8) is 0 Å². The van der Waals surface area contributed by atoms with Crippen molar-refractivity contribution in [2.75, 3.05) is 0 Å². The highest BCUT2D eigenvalue weighted by molar-refractivity contribution is 8.13. The third-order valence-corrected chi connectivity index (χ3v) is 3.49. The highest BCUT2D eigenvalue weighted by atomic mass is 35.7. The molecule has 0 unspecified atom stereocenters. The van der Waals surface area contributed by atoms with Crippen molar-refractivity contribution in [1.29, 1.82) is 0 Å². The number of imidazole rings is 1. The number of hydrogen-bond acceptors (Lipinski definition) is 3. The third kappa shape index (κ3) is 1.81. The van der Waals surface area contributed by atoms with Crippen molar-refractivity contribution in [3.05, 3.63) is 30.2 Å². The average Bonchev–Trinajstić information content (AvgIpc) is 2.56. The van der Waals surface area contributed by atoms with E-state index in [-0.39, 0.29) is 10.9 Å². The molecule has 0 N–H and O–H groups in total. The molecule has 86 valence electrons. The van der Waals surface area contributed by atoms with Gasteiger partial charge in [0.15, 0.2) is 5.03 Å². The van der Waals surface area contributed by atoms with Gasteiger partial charge in [0.25, 0.3) is 9.05 Å². The molecule has 0 bridgehead atoms. The monoisotopic (exact) mass is 258 g/mol. The standard InChI is InChI=1S/C10H11ClN2O2S/c1-7(2)9-12-10(16(11,14)15)8-5-3-4-6-13(8)9/h3-7H,1-2H3. The van der Waals surface area contributed by atoms with Crippen LogP contribution >= 0.6 is 10.7 Å². The maximum Gasteiger partial charge on any atom is 0.280 e. The van der Waals surface area contributed by atoms with Gasteiger partial charge in [-0.1, -0.05) is 19.9 Å². The zero-order valence-corrected chi connectivity index (χ0v) is 10.5. The molecule has 4 nitrogen and oxygen atoms in total. The number of aromatic nitrogens is 2. The summed E-state index contributed by atoms with van der Waals surface area (Å²) in [6, 6.07) is 5.27. The number of fused-ring (bicyclic) bond motifs is 1. The molecule has 0 radical (unpaired) electrons. The molecule has 0 aliphatic carbocycles. The summed E-state index contributed by atoms with van der Waals surface area (Å²) in [7, 11) is 1.55. The van der Waals surface area contributed by atoms with Gasteiger partial charge in [-0.25, -0.2) is 13.4 Å². The number of hydrogen-bond donors (Lipinski definition) is 0. The summed E-state index contributed by atoms with van der Waals surface area (Å²) < 4.78 is 24.5. The quantitative estimate of drug-likeness (QED) is 0.777. The summed E-state index contributed by atoms with van der Waals surface area (Å²) >= 11 is 0. The van der Waals surface area contributed by atoms with Gasteiger partial charge in [-0.05, 0) is 12.1 Å². The van der Waals surface area contributed by atoms with Crippen LogP contribution in [0.3, 0.4) is 0 Å². The van der Waals surface area contributed by atoms with E-state index in [9.17, 15) is 8.42 Å². The Morgan fingerprint density at radius 3 is 2.62 bits per heavy atom. The maximum absolute atomic E-state index is 11.4. The van der Waals surface area contributed by atoms with Crippen LogP contribution in [-0.4, -0.2) is 17.8 Å². The van der Waals surface area contributed by atoms with E-state index in [1.165, 1.54) is 0 Å². The molecule has 0 amide bonds. The van der Waals surface area contributed by atoms with Gasteiger partial charge in [-0.2, -0.15) is 0 Å². The molecule has 0 aliphatic heterocycles. The fraction of sp³-hybridized carbons (Fsp3) is 0.300. The van der Waals surface area contributed by atoms with Crippen LogP contribution in [0, 0.1) is 0 Å². The molecular weight excluding hydrogens is 248 g/mol. The molecule has 0 aliphatic rings. The SMILES string of the molecule is CC(C)c1nc(S(=O)(=O)Cl)c2ccccn12. The van der Waals surface area contributed by atoms with Gasteiger partial charge in [0.05, 0.1) is 5.52 Å². The van der Waals surface area contributed by atoms with Crippen molar-refractivity contribution in [3.8, 4) is 0 Å². The second-order valence-corrected chi connectivity index (χ2v) is 6.30. The lowest BCUT2D eigenvalue weighted by molar-refractivity contribution is 0.607. The van der Waals surface area contributed by atoms with Crippen LogP contribution in [0.5, 0.6) is 0 Å². The Morgan fingerprint density at radius 1 is 1.38 bits per heavy atom. The van der Waals surface area contributed by atoms with Crippen molar-refractivity contribution in [2.24, 2.45) is 0 Å². The molecule has 0 spiro atoms. The van der Waals surface area contributed by atoms with Crippen molar-refractivity contribution in [1.82, 2.24) is 9.38 Å². The molecule has 16 heavy (non-hydrogen) atoms. The Balaban J connectivity index is 2.88. The van der Waals surface area contributed by atoms with E-state index in [4.69, 9.17) is 10.7 Å². The summed E-state index contributed by atoms with van der Waals surface area (Å²) in [4.78, 5) is 4.10. The molecule has 0 atom stereocenters. The number of nitrogens with zero attached hydrogens (tertiary/aromatic N) is 2. The molecule has 6 heteroatoms. The molecule has 0 saturated heterocycles. The minimum absolute atomic E-state index is 0.0709. The predicted octanol–water partition coefficient (Wildman–Crippen LogP) is 2.39. The van der Waals surface area contributed by atoms with Crippen LogP contribution in [0.25, 0.3) is 5.52 Å². The van der Waals surface area contributed by atoms with E-state index in [2.05, 4.69) is 4.98 Å². The van der Waals surface area contributed by atoms with Gasteiger partial charge in [0.1, 0.15) is 5.82 Å². The van der Waals surface area contributed by atoms with Crippen LogP contribution < -0.4 is 0 Å². The first kappa shape index (κ1) is 11.4. The van der Waals surface area contributed by atoms with Crippen LogP contribution in [0.2, 0.25) is 0 Å². The summed E-state index contributed by atoms with van der Waals surface area (Å²) in [6.07, 6.45) is 1.78. The number of halogens is 1. The van der Waals surface area contributed by atoms with E-state index in [0.29, 0.717) is 11.3 Å². The molecule has 0 saturated carbocycles. The minimum Gasteiger partial charge on any atom is -0.302 e. The Labute approximate surface area is 98.3 Å². The fourth-order valence-corrected chi connectivity index (χ4v) is 2.58. The van der Waals surface area contributed by atoms with Crippen LogP contribution in [0.1, 0.15) is 25.6 Å². The van der Waals surface area contributed by atoms with Crippen molar-refractivity contribution >= 4 is 25.2 Å². The highest BCUT2D eigenvalue weighted by Crippen LogP contribution is 2.24. The largest absolute Gasteiger partial charge is 0.302 e. The smallest absolute Gasteiger partial charge is 0.280 e. The lowest BCUT2D eigenvalue weighted by Gasteiger charge is -2.02. The van der Waals surface area contributed by atoms with Crippen molar-refractivity contribution < 1.29 is 8.42 Å². The van der Waals surface area contributed by atoms with Gasteiger partial charge >= 0.3 is 0 Å². The number of pyridine rings is 1. The highest BCUT2D eigenvalue weighted by Gasteiger charge is 2.21. The van der Waals surface area contributed by atoms with Crippen molar-refractivity contribution in [2.45, 2.75) is 24.8 Å². The first-order valence-corrected chi connectivity index (χ1v) is 7.14. The Kier molecular flexibility index (Phi) is 2.67. The second-order valence-electron chi connectivity index (χ2n) is 3.82. The Bertz CT molecular complexity index is 631. The molecular formula is C10H11ClN2O2S.